The van der Waals surface area contributed by atoms with E-state index < -0.39 is 17.3 Å². The minimum Gasteiger partial charge on any atom is -0.369 e. The van der Waals surface area contributed by atoms with Crippen LogP contribution in [0.4, 0.5) is 24.5 Å². The lowest BCUT2D eigenvalue weighted by atomic mass is 9.76. The van der Waals surface area contributed by atoms with Crippen LogP contribution in [0.2, 0.25) is 5.02 Å². The Morgan fingerprint density at radius 1 is 1.24 bits per heavy atom. The first-order valence-corrected chi connectivity index (χ1v) is 13.5. The summed E-state index contributed by atoms with van der Waals surface area (Å²) >= 11 is 6.07. The van der Waals surface area contributed by atoms with Crippen molar-refractivity contribution in [3.8, 4) is 0 Å². The van der Waals surface area contributed by atoms with Crippen molar-refractivity contribution >= 4 is 28.9 Å². The maximum atomic E-state index is 13.3. The molecule has 0 bridgehead atoms. The molecule has 0 unspecified atom stereocenters. The molecule has 2 N–H and O–H groups in total. The van der Waals surface area contributed by atoms with E-state index in [1.165, 1.54) is 6.07 Å². The van der Waals surface area contributed by atoms with Gasteiger partial charge in [-0.05, 0) is 63.1 Å². The lowest BCUT2D eigenvalue weighted by Crippen LogP contribution is -2.52. The third kappa shape index (κ3) is 5.47. The number of carbonyl (C=O) groups is 1. The van der Waals surface area contributed by atoms with Gasteiger partial charge < -0.3 is 15.5 Å². The largest absolute Gasteiger partial charge is 0.416 e. The van der Waals surface area contributed by atoms with Crippen molar-refractivity contribution in [3.63, 3.8) is 0 Å². The topological polar surface area (TPSA) is 65.4 Å². The maximum absolute atomic E-state index is 13.3. The third-order valence-corrected chi connectivity index (χ3v) is 8.58. The highest BCUT2D eigenvalue weighted by atomic mass is 35.5. The fraction of sp³-hybridized carbons (Fsp3) is 0.615. The van der Waals surface area contributed by atoms with Crippen LogP contribution in [0.15, 0.2) is 30.6 Å². The number of carbonyl (C=O) groups excluding carboxylic acids is 1. The molecule has 1 saturated carbocycles. The van der Waals surface area contributed by atoms with E-state index in [1.807, 2.05) is 12.4 Å². The summed E-state index contributed by atoms with van der Waals surface area (Å²) in [4.78, 5) is 18.2. The van der Waals surface area contributed by atoms with Crippen LogP contribution in [0.1, 0.15) is 44.6 Å². The van der Waals surface area contributed by atoms with Crippen molar-refractivity contribution in [1.29, 1.82) is 0 Å². The number of halogens is 4. The summed E-state index contributed by atoms with van der Waals surface area (Å²) in [5.41, 5.74) is -0.544. The predicted molar refractivity (Wildman–Crippen MR) is 138 cm³/mol. The van der Waals surface area contributed by atoms with Crippen molar-refractivity contribution in [1.82, 2.24) is 20.0 Å². The first kappa shape index (κ1) is 26.3. The number of rotatable bonds is 6. The van der Waals surface area contributed by atoms with Crippen LogP contribution >= 0.6 is 11.6 Å². The number of amides is 1. The smallest absolute Gasteiger partial charge is 0.369 e. The molecular weight excluding hydrogens is 505 g/mol. The molecule has 0 spiro atoms. The molecule has 0 radical (unpaired) electrons. The summed E-state index contributed by atoms with van der Waals surface area (Å²) in [6.45, 7) is 8.56. The number of piperazine rings is 1. The molecule has 2 aliphatic heterocycles. The summed E-state index contributed by atoms with van der Waals surface area (Å²) in [7, 11) is 0. The second-order valence-corrected chi connectivity index (χ2v) is 11.1. The normalized spacial score (nSPS) is 23.1. The van der Waals surface area contributed by atoms with E-state index in [2.05, 4.69) is 32.5 Å². The van der Waals surface area contributed by atoms with Gasteiger partial charge in [0.05, 0.1) is 28.2 Å². The Morgan fingerprint density at radius 2 is 2.00 bits per heavy atom. The van der Waals surface area contributed by atoms with Gasteiger partial charge in [0.25, 0.3) is 5.91 Å². The zero-order chi connectivity index (χ0) is 26.2. The Hall–Kier alpha value is -2.30. The summed E-state index contributed by atoms with van der Waals surface area (Å²) in [5.74, 6) is 0.378. The number of nitrogens with zero attached hydrogens (tertiary/aromatic N) is 4. The average Bonchev–Trinajstić information content (AvgIpc) is 3.31. The van der Waals surface area contributed by atoms with E-state index in [4.69, 9.17) is 11.6 Å². The summed E-state index contributed by atoms with van der Waals surface area (Å²) in [5, 5.41) is 10.6. The highest BCUT2D eigenvalue weighted by molar-refractivity contribution is 6.33. The third-order valence-electron chi connectivity index (χ3n) is 8.27. The van der Waals surface area contributed by atoms with E-state index in [0.717, 1.165) is 76.4 Å². The number of hydrogen-bond acceptors (Lipinski definition) is 5. The Kier molecular flexibility index (Phi) is 7.44. The molecule has 1 aromatic heterocycles. The molecular formula is C26H34ClF3N6O. The fourth-order valence-electron chi connectivity index (χ4n) is 5.67. The van der Waals surface area contributed by atoms with E-state index in [1.54, 1.807) is 4.68 Å². The predicted octanol–water partition coefficient (Wildman–Crippen LogP) is 4.58. The second kappa shape index (κ2) is 10.5. The molecule has 3 fully saturated rings. The van der Waals surface area contributed by atoms with Gasteiger partial charge in [0.1, 0.15) is 5.54 Å². The molecule has 2 aromatic rings. The van der Waals surface area contributed by atoms with Crippen molar-refractivity contribution < 1.29 is 18.0 Å². The van der Waals surface area contributed by atoms with E-state index in [0.29, 0.717) is 24.8 Å². The SMILES string of the molecule is C[C@@H]1CNCCN1CC1CCN(c2cnn(C3(C(=O)Nc4ccc(C(F)(F)F)cc4Cl)CCC3)c2)CC1. The van der Waals surface area contributed by atoms with Crippen LogP contribution in [-0.4, -0.2) is 65.9 Å². The van der Waals surface area contributed by atoms with Crippen LogP contribution in [0.3, 0.4) is 0 Å². The zero-order valence-corrected chi connectivity index (χ0v) is 21.8. The number of hydrogen-bond donors (Lipinski definition) is 2. The van der Waals surface area contributed by atoms with Gasteiger partial charge >= 0.3 is 6.18 Å². The molecule has 2 saturated heterocycles. The molecule has 1 atom stereocenters. The number of aromatic nitrogens is 2. The first-order chi connectivity index (χ1) is 17.7. The quantitative estimate of drug-likeness (QED) is 0.563. The molecule has 1 aromatic carbocycles. The van der Waals surface area contributed by atoms with Crippen LogP contribution in [0, 0.1) is 5.92 Å². The van der Waals surface area contributed by atoms with Crippen LogP contribution < -0.4 is 15.5 Å². The van der Waals surface area contributed by atoms with Crippen molar-refractivity contribution in [3.05, 3.63) is 41.2 Å². The standard InChI is InChI=1S/C26H34ClF3N6O/c1-18-14-31-9-12-35(18)16-19-5-10-34(11-6-19)21-15-32-36(17-21)25(7-2-8-25)24(37)33-23-4-3-20(13-22(23)27)26(28,29)30/h3-4,13,15,17-19,31H,2,5-12,14,16H2,1H3,(H,33,37)/t18-/m1/s1. The van der Waals surface area contributed by atoms with Gasteiger partial charge in [0.2, 0.25) is 0 Å². The zero-order valence-electron chi connectivity index (χ0n) is 21.0. The Balaban J connectivity index is 1.21. The summed E-state index contributed by atoms with van der Waals surface area (Å²) < 4.78 is 40.6. The molecule has 1 amide bonds. The molecule has 5 rings (SSSR count). The molecule has 3 heterocycles. The maximum Gasteiger partial charge on any atom is 0.416 e. The van der Waals surface area contributed by atoms with Crippen molar-refractivity contribution in [2.45, 2.75) is 56.8 Å². The average molecular weight is 539 g/mol. The Bertz CT molecular complexity index is 1110. The molecule has 3 aliphatic rings. The van der Waals surface area contributed by atoms with Gasteiger partial charge in [-0.3, -0.25) is 14.4 Å². The van der Waals surface area contributed by atoms with Gasteiger partial charge in [-0.15, -0.1) is 0 Å². The van der Waals surface area contributed by atoms with E-state index in [9.17, 15) is 18.0 Å². The molecule has 37 heavy (non-hydrogen) atoms. The first-order valence-electron chi connectivity index (χ1n) is 13.1. The van der Waals surface area contributed by atoms with Crippen LogP contribution in [0.5, 0.6) is 0 Å². The van der Waals surface area contributed by atoms with Crippen molar-refractivity contribution in [2.24, 2.45) is 5.92 Å². The fourth-order valence-corrected chi connectivity index (χ4v) is 5.90. The minimum atomic E-state index is -4.50. The van der Waals surface area contributed by atoms with Crippen LogP contribution in [-0.2, 0) is 16.5 Å². The van der Waals surface area contributed by atoms with Gasteiger partial charge in [0.15, 0.2) is 0 Å². The van der Waals surface area contributed by atoms with Gasteiger partial charge in [0, 0.05) is 51.5 Å². The molecule has 1 aliphatic carbocycles. The summed E-state index contributed by atoms with van der Waals surface area (Å²) in [6, 6.07) is 3.54. The number of anilines is 2. The second-order valence-electron chi connectivity index (χ2n) is 10.7. The Labute approximate surface area is 220 Å². The van der Waals surface area contributed by atoms with Crippen molar-refractivity contribution in [2.75, 3.05) is 49.5 Å². The van der Waals surface area contributed by atoms with Gasteiger partial charge in [-0.2, -0.15) is 18.3 Å². The highest BCUT2D eigenvalue weighted by Gasteiger charge is 2.47. The van der Waals surface area contributed by atoms with Crippen LogP contribution in [0.25, 0.3) is 0 Å². The molecule has 11 heteroatoms. The monoisotopic (exact) mass is 538 g/mol. The van der Waals surface area contributed by atoms with E-state index >= 15 is 0 Å². The van der Waals surface area contributed by atoms with E-state index in [-0.39, 0.29) is 16.6 Å². The summed E-state index contributed by atoms with van der Waals surface area (Å²) in [6.07, 6.45) is 3.61. The number of piperidine rings is 1. The Morgan fingerprint density at radius 3 is 2.62 bits per heavy atom. The molecule has 202 valence electrons. The lowest BCUT2D eigenvalue weighted by Gasteiger charge is -2.40. The number of alkyl halides is 3. The van der Waals surface area contributed by atoms with Gasteiger partial charge in [-0.1, -0.05) is 11.6 Å². The minimum absolute atomic E-state index is 0.142. The van der Waals surface area contributed by atoms with Gasteiger partial charge in [-0.25, -0.2) is 0 Å². The number of nitrogens with one attached hydrogen (secondary N) is 2. The molecule has 7 nitrogen and oxygen atoms in total. The highest BCUT2D eigenvalue weighted by Crippen LogP contribution is 2.42. The lowest BCUT2D eigenvalue weighted by molar-refractivity contribution is -0.137. The number of benzene rings is 1.